The minimum atomic E-state index is 0. The summed E-state index contributed by atoms with van der Waals surface area (Å²) in [5, 5.41) is 5.32. The summed E-state index contributed by atoms with van der Waals surface area (Å²) in [7, 11) is 1.08. The molecule has 0 fully saturated rings. The van der Waals surface area contributed by atoms with Gasteiger partial charge in [-0.3, -0.25) is 13.6 Å². The van der Waals surface area contributed by atoms with Crippen molar-refractivity contribution in [1.29, 1.82) is 0 Å². The van der Waals surface area contributed by atoms with Crippen molar-refractivity contribution in [3.05, 3.63) is 84.9 Å². The van der Waals surface area contributed by atoms with E-state index >= 15 is 0 Å². The maximum atomic E-state index is 7.75. The third kappa shape index (κ3) is 9.42. The molecule has 0 amide bonds. The zero-order valence-corrected chi connectivity index (χ0v) is 17.6. The Labute approximate surface area is 173 Å². The molecule has 0 spiro atoms. The Morgan fingerprint density at radius 1 is 0.654 bits per heavy atom. The van der Waals surface area contributed by atoms with Crippen molar-refractivity contribution in [3.8, 4) is 0 Å². The molecule has 2 radical (unpaired) electrons. The van der Waals surface area contributed by atoms with E-state index in [4.69, 9.17) is 9.59 Å². The minimum Gasteiger partial charge on any atom is -0.545 e. The van der Waals surface area contributed by atoms with Crippen LogP contribution >= 0.6 is 0 Å². The number of fused-ring (bicyclic) bond motifs is 2. The predicted molar refractivity (Wildman–Crippen MR) is 110 cm³/mol. The Morgan fingerprint density at radius 2 is 0.962 bits per heavy atom. The van der Waals surface area contributed by atoms with Gasteiger partial charge in [0, 0.05) is 9.52 Å². The molecular formula is C22H22O2SiTi. The number of rotatable bonds is 0. The van der Waals surface area contributed by atoms with Crippen LogP contribution in [-0.4, -0.2) is 23.1 Å². The zero-order valence-electron chi connectivity index (χ0n) is 15.1. The summed E-state index contributed by atoms with van der Waals surface area (Å²) in [4.78, 5) is 15.5. The van der Waals surface area contributed by atoms with Gasteiger partial charge in [0.2, 0.25) is 0 Å². The van der Waals surface area contributed by atoms with Gasteiger partial charge >= 0.3 is 21.7 Å². The zero-order chi connectivity index (χ0) is 18.9. The minimum absolute atomic E-state index is 0. The van der Waals surface area contributed by atoms with E-state index < -0.39 is 0 Å². The third-order valence-corrected chi connectivity index (χ3v) is 3.10. The van der Waals surface area contributed by atoms with Gasteiger partial charge in [-0.1, -0.05) is 25.2 Å². The summed E-state index contributed by atoms with van der Waals surface area (Å²) in [6.45, 7) is 10.8. The molecule has 0 aromatic heterocycles. The molecule has 0 bridgehead atoms. The molecule has 0 heterocycles. The molecule has 0 saturated heterocycles. The fraction of sp³-hybridized carbons (Fsp3) is 0.0909. The summed E-state index contributed by atoms with van der Waals surface area (Å²) in [6.07, 6.45) is 0. The maximum Gasteiger partial charge on any atom is 4.00 e. The van der Waals surface area contributed by atoms with E-state index in [1.807, 2.05) is 0 Å². The summed E-state index contributed by atoms with van der Waals surface area (Å²) >= 11 is 0. The Balaban J connectivity index is 0. The van der Waals surface area contributed by atoms with E-state index in [1.54, 1.807) is 0 Å². The first-order valence-electron chi connectivity index (χ1n) is 7.61. The molecule has 26 heavy (non-hydrogen) atoms. The molecule has 2 nitrogen and oxygen atoms in total. The molecule has 4 aromatic rings. The maximum absolute atomic E-state index is 7.75. The summed E-state index contributed by atoms with van der Waals surface area (Å²) in [5.74, 6) is 0. The second-order valence-electron chi connectivity index (χ2n) is 4.81. The fourth-order valence-corrected chi connectivity index (χ4v) is 2.14. The van der Waals surface area contributed by atoms with Crippen LogP contribution in [0.4, 0.5) is 0 Å². The average molecular weight is 394 g/mol. The second kappa shape index (κ2) is 17.7. The van der Waals surface area contributed by atoms with Crippen LogP contribution in [0.25, 0.3) is 21.5 Å². The van der Waals surface area contributed by atoms with Gasteiger partial charge in [-0.15, -0.1) is 59.3 Å². The summed E-state index contributed by atoms with van der Waals surface area (Å²) < 4.78 is 0. The third-order valence-electron chi connectivity index (χ3n) is 3.10. The van der Waals surface area contributed by atoms with E-state index in [1.165, 1.54) is 21.5 Å². The smallest absolute Gasteiger partial charge is 0.545 e. The summed E-state index contributed by atoms with van der Waals surface area (Å²) in [6, 6.07) is 29.3. The Hall–Kier alpha value is -2.07. The molecule has 4 rings (SSSR count). The van der Waals surface area contributed by atoms with Crippen molar-refractivity contribution in [3.63, 3.8) is 0 Å². The Bertz CT molecular complexity index is 679. The molecule has 0 aliphatic heterocycles. The molecule has 130 valence electrons. The quantitative estimate of drug-likeness (QED) is 0.229. The van der Waals surface area contributed by atoms with Crippen molar-refractivity contribution >= 4 is 44.6 Å². The number of hydrogen-bond acceptors (Lipinski definition) is 2. The molecule has 0 atom stereocenters. The normalized spacial score (nSPS) is 8.08. The van der Waals surface area contributed by atoms with Crippen molar-refractivity contribution in [2.24, 2.45) is 0 Å². The number of benzene rings is 2. The first-order chi connectivity index (χ1) is 12.3. The first-order valence-corrected chi connectivity index (χ1v) is 9.61. The van der Waals surface area contributed by atoms with E-state index in [-0.39, 0.29) is 21.7 Å². The van der Waals surface area contributed by atoms with Gasteiger partial charge in [0.1, 0.15) is 0 Å². The van der Waals surface area contributed by atoms with E-state index in [9.17, 15) is 0 Å². The topological polar surface area (TPSA) is 34.1 Å². The fourth-order valence-electron chi connectivity index (χ4n) is 2.14. The SMILES string of the molecule is C[Si]C.[CH-]=O.[CH-]=O.[Ti+4].c1ccc2[cH-]ccc2c1.c1ccc2[cH-]ccc2c1. The average Bonchev–Trinajstić information content (AvgIpc) is 3.35. The standard InChI is InChI=1S/2C9H7.C2H6Si.2CHO.Ti/c2*1-2-5-9-7-3-6-8(9)4-1;1-3-2;2*1-2;/h2*1-7H;1-2H3;2*1H;/q2*-1;;2*-1;+4. The van der Waals surface area contributed by atoms with Crippen LogP contribution in [0, 0.1) is 0 Å². The van der Waals surface area contributed by atoms with Gasteiger partial charge < -0.3 is 9.59 Å². The monoisotopic (exact) mass is 394 g/mol. The molecule has 0 aliphatic carbocycles. The molecule has 0 saturated carbocycles. The molecular weight excluding hydrogens is 372 g/mol. The van der Waals surface area contributed by atoms with Crippen LogP contribution < -0.4 is 0 Å². The van der Waals surface area contributed by atoms with Gasteiger partial charge in [-0.05, 0) is 0 Å². The molecule has 0 N–H and O–H groups in total. The van der Waals surface area contributed by atoms with Crippen molar-refractivity contribution in [2.45, 2.75) is 13.1 Å². The Morgan fingerprint density at radius 3 is 1.27 bits per heavy atom. The second-order valence-corrected chi connectivity index (χ2v) is 5.81. The van der Waals surface area contributed by atoms with E-state index in [2.05, 4.69) is 112 Å². The predicted octanol–water partition coefficient (Wildman–Crippen LogP) is 5.35. The molecule has 0 aliphatic rings. The van der Waals surface area contributed by atoms with Crippen LogP contribution in [0.1, 0.15) is 0 Å². The van der Waals surface area contributed by atoms with Crippen molar-refractivity contribution in [1.82, 2.24) is 0 Å². The van der Waals surface area contributed by atoms with Gasteiger partial charge in [-0.25, -0.2) is 0 Å². The van der Waals surface area contributed by atoms with Crippen LogP contribution in [0.15, 0.2) is 84.9 Å². The van der Waals surface area contributed by atoms with E-state index in [0.29, 0.717) is 0 Å². The van der Waals surface area contributed by atoms with Crippen LogP contribution in [0.2, 0.25) is 13.1 Å². The number of carbonyl (C=O) groups excluding carboxylic acids is 2. The van der Waals surface area contributed by atoms with Gasteiger partial charge in [-0.2, -0.15) is 35.0 Å². The number of hydrogen-bond donors (Lipinski definition) is 0. The van der Waals surface area contributed by atoms with Crippen molar-refractivity contribution in [2.75, 3.05) is 0 Å². The van der Waals surface area contributed by atoms with Crippen LogP contribution in [0.3, 0.4) is 0 Å². The van der Waals surface area contributed by atoms with Crippen LogP contribution in [0.5, 0.6) is 0 Å². The van der Waals surface area contributed by atoms with Crippen LogP contribution in [-0.2, 0) is 31.3 Å². The molecule has 0 unspecified atom stereocenters. The van der Waals surface area contributed by atoms with E-state index in [0.717, 1.165) is 9.52 Å². The van der Waals surface area contributed by atoms with Gasteiger partial charge in [0.05, 0.1) is 0 Å². The van der Waals surface area contributed by atoms with Gasteiger partial charge in [0.15, 0.2) is 0 Å². The summed E-state index contributed by atoms with van der Waals surface area (Å²) in [5.41, 5.74) is 0. The molecule has 4 aromatic carbocycles. The first kappa shape index (κ1) is 26.2. The molecule has 4 heteroatoms. The van der Waals surface area contributed by atoms with Gasteiger partial charge in [0.25, 0.3) is 0 Å². The Kier molecular flexibility index (Phi) is 17.9. The largest absolute Gasteiger partial charge is 4.00 e. The van der Waals surface area contributed by atoms with Crippen molar-refractivity contribution < 1.29 is 31.3 Å².